The van der Waals surface area contributed by atoms with Crippen molar-refractivity contribution in [2.24, 2.45) is 11.1 Å². The summed E-state index contributed by atoms with van der Waals surface area (Å²) in [4.78, 5) is 0. The minimum absolute atomic E-state index is 0.332. The molecule has 0 saturated carbocycles. The van der Waals surface area contributed by atoms with Crippen LogP contribution in [0.15, 0.2) is 23.3 Å². The van der Waals surface area contributed by atoms with E-state index < -0.39 is 0 Å². The lowest BCUT2D eigenvalue weighted by Gasteiger charge is -2.31. The van der Waals surface area contributed by atoms with Crippen LogP contribution >= 0.6 is 0 Å². The Kier molecular flexibility index (Phi) is 2.73. The standard InChI is InChI=1S/C11H19N/c1-9-5-4-7-11(2,3)10(9)6-8-12/h4-5H,6-8,12H2,1-3H3. The summed E-state index contributed by atoms with van der Waals surface area (Å²) in [5, 5.41) is 0. The maximum Gasteiger partial charge on any atom is -0.00395 e. The van der Waals surface area contributed by atoms with Crippen LogP contribution in [0.1, 0.15) is 33.6 Å². The highest BCUT2D eigenvalue weighted by Gasteiger charge is 2.24. The van der Waals surface area contributed by atoms with Crippen LogP contribution in [0.25, 0.3) is 0 Å². The summed E-state index contributed by atoms with van der Waals surface area (Å²) >= 11 is 0. The first kappa shape index (κ1) is 9.53. The second-order valence-corrected chi connectivity index (χ2v) is 4.19. The summed E-state index contributed by atoms with van der Waals surface area (Å²) in [5.74, 6) is 0. The maximum atomic E-state index is 5.58. The van der Waals surface area contributed by atoms with Crippen molar-refractivity contribution in [3.63, 3.8) is 0 Å². The number of hydrogen-bond acceptors (Lipinski definition) is 1. The minimum atomic E-state index is 0.332. The fraction of sp³-hybridized carbons (Fsp3) is 0.636. The van der Waals surface area contributed by atoms with E-state index in [1.165, 1.54) is 11.1 Å². The average molecular weight is 165 g/mol. The van der Waals surface area contributed by atoms with Crippen molar-refractivity contribution in [1.82, 2.24) is 0 Å². The van der Waals surface area contributed by atoms with Crippen LogP contribution in [0, 0.1) is 5.41 Å². The van der Waals surface area contributed by atoms with Gasteiger partial charge in [-0.05, 0) is 31.7 Å². The molecular formula is C11H19N. The molecule has 0 atom stereocenters. The van der Waals surface area contributed by atoms with Crippen molar-refractivity contribution in [2.75, 3.05) is 6.54 Å². The third kappa shape index (κ3) is 1.78. The van der Waals surface area contributed by atoms with E-state index in [1.807, 2.05) is 0 Å². The summed E-state index contributed by atoms with van der Waals surface area (Å²) in [6.45, 7) is 7.54. The molecule has 0 spiro atoms. The number of rotatable bonds is 2. The largest absolute Gasteiger partial charge is 0.330 e. The van der Waals surface area contributed by atoms with E-state index in [0.717, 1.165) is 19.4 Å². The highest BCUT2D eigenvalue weighted by molar-refractivity contribution is 5.32. The molecule has 0 saturated heterocycles. The molecule has 0 aromatic carbocycles. The number of allylic oxidation sites excluding steroid dienone is 3. The van der Waals surface area contributed by atoms with Crippen molar-refractivity contribution >= 4 is 0 Å². The zero-order valence-corrected chi connectivity index (χ0v) is 8.35. The van der Waals surface area contributed by atoms with Gasteiger partial charge in [-0.3, -0.25) is 0 Å². The lowest BCUT2D eigenvalue weighted by atomic mass is 9.74. The van der Waals surface area contributed by atoms with E-state index in [0.29, 0.717) is 5.41 Å². The average Bonchev–Trinajstić information content (AvgIpc) is 1.97. The Morgan fingerprint density at radius 2 is 2.17 bits per heavy atom. The van der Waals surface area contributed by atoms with Gasteiger partial charge >= 0.3 is 0 Å². The van der Waals surface area contributed by atoms with Crippen LogP contribution in [0.4, 0.5) is 0 Å². The summed E-state index contributed by atoms with van der Waals surface area (Å²) < 4.78 is 0. The molecule has 0 radical (unpaired) electrons. The van der Waals surface area contributed by atoms with E-state index in [1.54, 1.807) is 0 Å². The Bertz CT molecular complexity index is 221. The van der Waals surface area contributed by atoms with E-state index in [-0.39, 0.29) is 0 Å². The molecule has 0 amide bonds. The fourth-order valence-corrected chi connectivity index (χ4v) is 1.97. The molecule has 0 aromatic rings. The molecule has 1 heteroatoms. The highest BCUT2D eigenvalue weighted by Crippen LogP contribution is 2.38. The molecule has 0 aliphatic heterocycles. The van der Waals surface area contributed by atoms with Crippen molar-refractivity contribution in [3.05, 3.63) is 23.3 Å². The Balaban J connectivity index is 2.91. The van der Waals surface area contributed by atoms with Gasteiger partial charge in [0.1, 0.15) is 0 Å². The molecule has 0 heterocycles. The first-order chi connectivity index (χ1) is 5.58. The number of hydrogen-bond donors (Lipinski definition) is 1. The SMILES string of the molecule is CC1=C(CCN)C(C)(C)CC=C1. The van der Waals surface area contributed by atoms with Gasteiger partial charge in [0.05, 0.1) is 0 Å². The molecule has 0 unspecified atom stereocenters. The van der Waals surface area contributed by atoms with Gasteiger partial charge in [-0.1, -0.05) is 37.1 Å². The van der Waals surface area contributed by atoms with Crippen molar-refractivity contribution in [3.8, 4) is 0 Å². The third-order valence-corrected chi connectivity index (χ3v) is 2.68. The monoisotopic (exact) mass is 165 g/mol. The van der Waals surface area contributed by atoms with Crippen LogP contribution in [0.2, 0.25) is 0 Å². The summed E-state index contributed by atoms with van der Waals surface area (Å²) in [6, 6.07) is 0. The summed E-state index contributed by atoms with van der Waals surface area (Å²) in [6.07, 6.45) is 6.68. The van der Waals surface area contributed by atoms with Crippen LogP contribution in [-0.2, 0) is 0 Å². The van der Waals surface area contributed by atoms with Gasteiger partial charge < -0.3 is 5.73 Å². The van der Waals surface area contributed by atoms with Crippen molar-refractivity contribution < 1.29 is 0 Å². The van der Waals surface area contributed by atoms with Gasteiger partial charge in [0.2, 0.25) is 0 Å². The molecule has 1 aliphatic carbocycles. The van der Waals surface area contributed by atoms with Crippen molar-refractivity contribution in [1.29, 1.82) is 0 Å². The van der Waals surface area contributed by atoms with Crippen LogP contribution in [0.5, 0.6) is 0 Å². The lowest BCUT2D eigenvalue weighted by Crippen LogP contribution is -2.20. The van der Waals surface area contributed by atoms with Gasteiger partial charge in [0.25, 0.3) is 0 Å². The molecular weight excluding hydrogens is 146 g/mol. The molecule has 2 N–H and O–H groups in total. The van der Waals surface area contributed by atoms with Gasteiger partial charge in [-0.2, -0.15) is 0 Å². The summed E-state index contributed by atoms with van der Waals surface area (Å²) in [5.41, 5.74) is 8.86. The Hall–Kier alpha value is -0.560. The molecule has 68 valence electrons. The molecule has 1 aliphatic rings. The summed E-state index contributed by atoms with van der Waals surface area (Å²) in [7, 11) is 0. The number of nitrogens with two attached hydrogens (primary N) is 1. The predicted molar refractivity (Wildman–Crippen MR) is 53.9 cm³/mol. The van der Waals surface area contributed by atoms with Crippen LogP contribution in [0.3, 0.4) is 0 Å². The molecule has 1 rings (SSSR count). The predicted octanol–water partition coefficient (Wildman–Crippen LogP) is 2.64. The Morgan fingerprint density at radius 3 is 2.67 bits per heavy atom. The fourth-order valence-electron chi connectivity index (χ4n) is 1.97. The second-order valence-electron chi connectivity index (χ2n) is 4.19. The molecule has 1 nitrogen and oxygen atoms in total. The van der Waals surface area contributed by atoms with Crippen LogP contribution < -0.4 is 5.73 Å². The second kappa shape index (κ2) is 3.44. The smallest absolute Gasteiger partial charge is 0.00395 e. The highest BCUT2D eigenvalue weighted by atomic mass is 14.5. The van der Waals surface area contributed by atoms with E-state index in [9.17, 15) is 0 Å². The quantitative estimate of drug-likeness (QED) is 0.668. The zero-order chi connectivity index (χ0) is 9.19. The van der Waals surface area contributed by atoms with Gasteiger partial charge in [0.15, 0.2) is 0 Å². The molecule has 12 heavy (non-hydrogen) atoms. The van der Waals surface area contributed by atoms with E-state index >= 15 is 0 Å². The maximum absolute atomic E-state index is 5.58. The van der Waals surface area contributed by atoms with Gasteiger partial charge in [-0.25, -0.2) is 0 Å². The molecule has 0 aromatic heterocycles. The topological polar surface area (TPSA) is 26.0 Å². The Morgan fingerprint density at radius 1 is 1.50 bits per heavy atom. The van der Waals surface area contributed by atoms with Crippen molar-refractivity contribution in [2.45, 2.75) is 33.6 Å². The first-order valence-corrected chi connectivity index (χ1v) is 4.65. The van der Waals surface area contributed by atoms with E-state index in [4.69, 9.17) is 5.73 Å². The lowest BCUT2D eigenvalue weighted by molar-refractivity contribution is 0.428. The first-order valence-electron chi connectivity index (χ1n) is 4.65. The Labute approximate surface area is 75.3 Å². The van der Waals surface area contributed by atoms with Gasteiger partial charge in [0, 0.05) is 0 Å². The zero-order valence-electron chi connectivity index (χ0n) is 8.35. The third-order valence-electron chi connectivity index (χ3n) is 2.68. The normalized spacial score (nSPS) is 21.7. The molecule has 0 bridgehead atoms. The minimum Gasteiger partial charge on any atom is -0.330 e. The molecule has 0 fully saturated rings. The van der Waals surface area contributed by atoms with E-state index in [2.05, 4.69) is 32.9 Å². The van der Waals surface area contributed by atoms with Gasteiger partial charge in [-0.15, -0.1) is 0 Å². The van der Waals surface area contributed by atoms with Crippen LogP contribution in [-0.4, -0.2) is 6.54 Å².